The summed E-state index contributed by atoms with van der Waals surface area (Å²) in [7, 11) is 0. The number of hydrogen-bond donors (Lipinski definition) is 0. The fraction of sp³-hybridized carbons (Fsp3) is 0.455. The number of hydrogen-bond acceptors (Lipinski definition) is 2. The molecule has 3 nitrogen and oxygen atoms in total. The van der Waals surface area contributed by atoms with E-state index in [-0.39, 0.29) is 12.2 Å². The van der Waals surface area contributed by atoms with E-state index in [0.717, 1.165) is 4.90 Å². The molecule has 0 atom stereocenters. The van der Waals surface area contributed by atoms with Gasteiger partial charge in [-0.25, -0.2) is 13.8 Å². The predicted octanol–water partition coefficient (Wildman–Crippen LogP) is 2.49. The molecular formula is C11H13BrF2N2O. The molecule has 6 heteroatoms. The maximum atomic E-state index is 12.3. The normalized spacial score (nSPS) is 10.6. The van der Waals surface area contributed by atoms with E-state index < -0.39 is 18.9 Å². The van der Waals surface area contributed by atoms with Crippen molar-refractivity contribution in [2.24, 2.45) is 0 Å². The number of rotatable bonds is 5. The number of pyridine rings is 1. The Kier molecular flexibility index (Phi) is 5.47. The largest absolute Gasteiger partial charge is 0.331 e. The molecule has 0 N–H and O–H groups in total. The van der Waals surface area contributed by atoms with Gasteiger partial charge in [0.15, 0.2) is 0 Å². The van der Waals surface area contributed by atoms with Gasteiger partial charge < -0.3 is 4.90 Å². The van der Waals surface area contributed by atoms with Crippen LogP contribution in [0.4, 0.5) is 8.78 Å². The van der Waals surface area contributed by atoms with Crippen LogP contribution >= 0.6 is 15.9 Å². The number of carbonyl (C=O) groups is 1. The summed E-state index contributed by atoms with van der Waals surface area (Å²) in [5, 5.41) is 0.456. The van der Waals surface area contributed by atoms with Crippen molar-refractivity contribution in [1.82, 2.24) is 9.88 Å². The topological polar surface area (TPSA) is 33.2 Å². The molecule has 0 unspecified atom stereocenters. The van der Waals surface area contributed by atoms with E-state index in [1.54, 1.807) is 19.1 Å². The molecule has 1 aromatic rings. The monoisotopic (exact) mass is 306 g/mol. The maximum Gasteiger partial charge on any atom is 0.272 e. The molecule has 1 rings (SSSR count). The predicted molar refractivity (Wildman–Crippen MR) is 64.7 cm³/mol. The van der Waals surface area contributed by atoms with Crippen LogP contribution < -0.4 is 0 Å². The van der Waals surface area contributed by atoms with Crippen LogP contribution in [0, 0.1) is 6.92 Å². The number of amides is 1. The maximum absolute atomic E-state index is 12.3. The number of nitrogens with zero attached hydrogens (tertiary/aromatic N) is 2. The van der Waals surface area contributed by atoms with Gasteiger partial charge in [-0.15, -0.1) is 0 Å². The standard InChI is InChI=1S/C11H13BrF2N2O/c1-8-3-2-4-9(15-8)11(17)16(6-5-12)7-10(13)14/h2-4,10H,5-7H2,1H3. The lowest BCUT2D eigenvalue weighted by Crippen LogP contribution is -2.37. The van der Waals surface area contributed by atoms with Crippen molar-refractivity contribution in [3.63, 3.8) is 0 Å². The van der Waals surface area contributed by atoms with Crippen molar-refractivity contribution in [1.29, 1.82) is 0 Å². The van der Waals surface area contributed by atoms with E-state index in [1.807, 2.05) is 0 Å². The first-order valence-corrected chi connectivity index (χ1v) is 6.23. The van der Waals surface area contributed by atoms with Gasteiger partial charge in [0, 0.05) is 17.6 Å². The Morgan fingerprint density at radius 3 is 2.76 bits per heavy atom. The first-order chi connectivity index (χ1) is 8.04. The quantitative estimate of drug-likeness (QED) is 0.783. The summed E-state index contributed by atoms with van der Waals surface area (Å²) in [4.78, 5) is 17.1. The highest BCUT2D eigenvalue weighted by Crippen LogP contribution is 2.07. The van der Waals surface area contributed by atoms with Crippen molar-refractivity contribution in [2.45, 2.75) is 13.3 Å². The summed E-state index contributed by atoms with van der Waals surface area (Å²) >= 11 is 3.14. The molecule has 0 aliphatic rings. The molecule has 1 heterocycles. The molecule has 1 aromatic heterocycles. The van der Waals surface area contributed by atoms with E-state index in [9.17, 15) is 13.6 Å². The minimum absolute atomic E-state index is 0.201. The zero-order valence-electron chi connectivity index (χ0n) is 9.37. The lowest BCUT2D eigenvalue weighted by Gasteiger charge is -2.20. The molecule has 0 saturated carbocycles. The lowest BCUT2D eigenvalue weighted by atomic mass is 10.3. The molecule has 0 radical (unpaired) electrons. The summed E-state index contributed by atoms with van der Waals surface area (Å²) in [6, 6.07) is 4.96. The summed E-state index contributed by atoms with van der Waals surface area (Å²) < 4.78 is 24.7. The third kappa shape index (κ3) is 4.38. The second-order valence-corrected chi connectivity index (χ2v) is 4.29. The zero-order valence-corrected chi connectivity index (χ0v) is 11.0. The second-order valence-electron chi connectivity index (χ2n) is 3.50. The highest BCUT2D eigenvalue weighted by atomic mass is 79.9. The Labute approximate surface area is 107 Å². The molecule has 1 amide bonds. The van der Waals surface area contributed by atoms with Gasteiger partial charge in [0.05, 0.1) is 6.54 Å². The molecule has 0 saturated heterocycles. The van der Waals surface area contributed by atoms with E-state index in [0.29, 0.717) is 11.0 Å². The Morgan fingerprint density at radius 1 is 1.53 bits per heavy atom. The van der Waals surface area contributed by atoms with Gasteiger partial charge in [-0.05, 0) is 19.1 Å². The van der Waals surface area contributed by atoms with Crippen LogP contribution in [-0.2, 0) is 0 Å². The molecular weight excluding hydrogens is 294 g/mol. The van der Waals surface area contributed by atoms with Crippen LogP contribution in [0.25, 0.3) is 0 Å². The van der Waals surface area contributed by atoms with Crippen LogP contribution in [0.1, 0.15) is 16.2 Å². The molecule has 0 aliphatic carbocycles. The summed E-state index contributed by atoms with van der Waals surface area (Å²) in [6.45, 7) is 1.41. The Balaban J connectivity index is 2.83. The van der Waals surface area contributed by atoms with Crippen LogP contribution in [0.2, 0.25) is 0 Å². The number of carbonyl (C=O) groups excluding carboxylic acids is 1. The van der Waals surface area contributed by atoms with Gasteiger partial charge in [-0.3, -0.25) is 4.79 Å². The first kappa shape index (κ1) is 14.0. The van der Waals surface area contributed by atoms with Gasteiger partial charge >= 0.3 is 0 Å². The van der Waals surface area contributed by atoms with Crippen molar-refractivity contribution in [3.05, 3.63) is 29.6 Å². The van der Waals surface area contributed by atoms with E-state index in [1.165, 1.54) is 6.07 Å². The van der Waals surface area contributed by atoms with Crippen molar-refractivity contribution >= 4 is 21.8 Å². The van der Waals surface area contributed by atoms with Gasteiger partial charge in [0.2, 0.25) is 0 Å². The molecule has 0 spiro atoms. The summed E-state index contributed by atoms with van der Waals surface area (Å²) in [5.74, 6) is -0.464. The Morgan fingerprint density at radius 2 is 2.24 bits per heavy atom. The van der Waals surface area contributed by atoms with Gasteiger partial charge in [-0.1, -0.05) is 22.0 Å². The van der Waals surface area contributed by atoms with Crippen LogP contribution in [0.15, 0.2) is 18.2 Å². The van der Waals surface area contributed by atoms with Gasteiger partial charge in [0.1, 0.15) is 5.69 Å². The van der Waals surface area contributed by atoms with Crippen LogP contribution in [0.3, 0.4) is 0 Å². The number of aromatic nitrogens is 1. The SMILES string of the molecule is Cc1cccc(C(=O)N(CCBr)CC(F)F)n1. The van der Waals surface area contributed by atoms with Crippen molar-refractivity contribution in [2.75, 3.05) is 18.4 Å². The van der Waals surface area contributed by atoms with Crippen LogP contribution in [0.5, 0.6) is 0 Å². The Hall–Kier alpha value is -1.04. The van der Waals surface area contributed by atoms with Crippen molar-refractivity contribution in [3.8, 4) is 0 Å². The van der Waals surface area contributed by atoms with Gasteiger partial charge in [-0.2, -0.15) is 0 Å². The zero-order chi connectivity index (χ0) is 12.8. The second kappa shape index (κ2) is 6.64. The van der Waals surface area contributed by atoms with Gasteiger partial charge in [0.25, 0.3) is 12.3 Å². The number of halogens is 3. The highest BCUT2D eigenvalue weighted by molar-refractivity contribution is 9.09. The Bertz CT molecular complexity index is 387. The summed E-state index contributed by atoms with van der Waals surface area (Å²) in [5.41, 5.74) is 0.887. The fourth-order valence-corrected chi connectivity index (χ4v) is 1.80. The molecule has 0 aliphatic heterocycles. The molecule has 0 fully saturated rings. The third-order valence-electron chi connectivity index (χ3n) is 2.11. The van der Waals surface area contributed by atoms with Crippen LogP contribution in [-0.4, -0.2) is 40.6 Å². The third-order valence-corrected chi connectivity index (χ3v) is 2.46. The molecule has 17 heavy (non-hydrogen) atoms. The van der Waals surface area contributed by atoms with E-state index in [4.69, 9.17) is 0 Å². The number of alkyl halides is 3. The average molecular weight is 307 g/mol. The smallest absolute Gasteiger partial charge is 0.272 e. The average Bonchev–Trinajstić information content (AvgIpc) is 2.27. The van der Waals surface area contributed by atoms with E-state index in [2.05, 4.69) is 20.9 Å². The highest BCUT2D eigenvalue weighted by Gasteiger charge is 2.20. The minimum Gasteiger partial charge on any atom is -0.331 e. The first-order valence-electron chi connectivity index (χ1n) is 5.11. The van der Waals surface area contributed by atoms with E-state index >= 15 is 0 Å². The lowest BCUT2D eigenvalue weighted by molar-refractivity contribution is 0.0567. The summed E-state index contributed by atoms with van der Waals surface area (Å²) in [6.07, 6.45) is -2.54. The fourth-order valence-electron chi connectivity index (χ4n) is 1.37. The van der Waals surface area contributed by atoms with Crippen molar-refractivity contribution < 1.29 is 13.6 Å². The number of aryl methyl sites for hydroxylation is 1. The molecule has 94 valence electrons. The molecule has 0 bridgehead atoms. The molecule has 0 aromatic carbocycles. The minimum atomic E-state index is -2.54.